The van der Waals surface area contributed by atoms with E-state index in [1.54, 1.807) is 4.90 Å². The lowest BCUT2D eigenvalue weighted by Crippen LogP contribution is -2.51. The van der Waals surface area contributed by atoms with Crippen molar-refractivity contribution in [3.8, 4) is 0 Å². The molecule has 0 unspecified atom stereocenters. The lowest BCUT2D eigenvalue weighted by Gasteiger charge is -2.31. The number of hydrogen-bond donors (Lipinski definition) is 1. The second-order valence-electron chi connectivity index (χ2n) is 8.02. The number of benzene rings is 2. The fourth-order valence-corrected chi connectivity index (χ4v) is 4.14. The van der Waals surface area contributed by atoms with Gasteiger partial charge in [0.05, 0.1) is 6.42 Å². The summed E-state index contributed by atoms with van der Waals surface area (Å²) in [7, 11) is 0. The lowest BCUT2D eigenvalue weighted by atomic mass is 10.0. The maximum absolute atomic E-state index is 13.4. The fourth-order valence-electron chi connectivity index (χ4n) is 4.14. The van der Waals surface area contributed by atoms with Crippen molar-refractivity contribution in [1.29, 1.82) is 0 Å². The molecule has 154 valence electrons. The molecular formula is C25H32N2O2. The van der Waals surface area contributed by atoms with Crippen LogP contribution in [0.2, 0.25) is 0 Å². The Hall–Kier alpha value is -2.62. The minimum atomic E-state index is -0.452. The van der Waals surface area contributed by atoms with Crippen LogP contribution in [0, 0.1) is 6.92 Å². The van der Waals surface area contributed by atoms with E-state index in [9.17, 15) is 9.59 Å². The molecule has 1 aliphatic carbocycles. The predicted octanol–water partition coefficient (Wildman–Crippen LogP) is 4.40. The molecule has 2 aromatic rings. The molecule has 4 heteroatoms. The van der Waals surface area contributed by atoms with Crippen LogP contribution in [0.3, 0.4) is 0 Å². The zero-order chi connectivity index (χ0) is 20.6. The van der Waals surface area contributed by atoms with Gasteiger partial charge in [0.25, 0.3) is 0 Å². The third-order valence-electron chi connectivity index (χ3n) is 5.89. The van der Waals surface area contributed by atoms with Crippen molar-refractivity contribution < 1.29 is 9.59 Å². The number of nitrogens with zero attached hydrogens (tertiary/aromatic N) is 1. The van der Waals surface area contributed by atoms with Crippen LogP contribution in [0.1, 0.15) is 55.7 Å². The Kier molecular flexibility index (Phi) is 7.45. The topological polar surface area (TPSA) is 49.4 Å². The zero-order valence-electron chi connectivity index (χ0n) is 17.6. The number of nitrogens with one attached hydrogen (secondary N) is 1. The zero-order valence-corrected chi connectivity index (χ0v) is 17.6. The van der Waals surface area contributed by atoms with Gasteiger partial charge >= 0.3 is 0 Å². The maximum atomic E-state index is 13.4. The summed E-state index contributed by atoms with van der Waals surface area (Å²) < 4.78 is 0. The molecule has 0 spiro atoms. The van der Waals surface area contributed by atoms with Gasteiger partial charge in [0.1, 0.15) is 6.04 Å². The molecule has 0 heterocycles. The van der Waals surface area contributed by atoms with Gasteiger partial charge in [-0.25, -0.2) is 0 Å². The van der Waals surface area contributed by atoms with Crippen LogP contribution in [-0.2, 0) is 22.6 Å². The van der Waals surface area contributed by atoms with Crippen LogP contribution in [0.25, 0.3) is 0 Å². The van der Waals surface area contributed by atoms with Crippen molar-refractivity contribution in [2.45, 2.75) is 71.0 Å². The van der Waals surface area contributed by atoms with Crippen molar-refractivity contribution in [2.75, 3.05) is 0 Å². The third-order valence-corrected chi connectivity index (χ3v) is 5.89. The summed E-state index contributed by atoms with van der Waals surface area (Å²) in [5.41, 5.74) is 3.16. The summed E-state index contributed by atoms with van der Waals surface area (Å²) in [5.74, 6) is -0.0231. The van der Waals surface area contributed by atoms with Gasteiger partial charge in [0.15, 0.2) is 0 Å². The SMILES string of the molecule is CC[C@@H](C(=O)NC1CCCC1)N(Cc1ccccc1)C(=O)Cc1ccccc1C. The minimum Gasteiger partial charge on any atom is -0.352 e. The first-order valence-corrected chi connectivity index (χ1v) is 10.8. The fraction of sp³-hybridized carbons (Fsp3) is 0.440. The molecule has 4 nitrogen and oxygen atoms in total. The van der Waals surface area contributed by atoms with Crippen LogP contribution >= 0.6 is 0 Å². The van der Waals surface area contributed by atoms with E-state index in [1.807, 2.05) is 68.4 Å². The Morgan fingerprint density at radius 1 is 1.03 bits per heavy atom. The van der Waals surface area contributed by atoms with E-state index in [1.165, 1.54) is 12.8 Å². The highest BCUT2D eigenvalue weighted by atomic mass is 16.2. The highest BCUT2D eigenvalue weighted by molar-refractivity contribution is 5.88. The summed E-state index contributed by atoms with van der Waals surface area (Å²) >= 11 is 0. The molecule has 0 saturated heterocycles. The number of rotatable bonds is 8. The van der Waals surface area contributed by atoms with Gasteiger partial charge in [0, 0.05) is 12.6 Å². The van der Waals surface area contributed by atoms with Crippen molar-refractivity contribution >= 4 is 11.8 Å². The van der Waals surface area contributed by atoms with Gasteiger partial charge in [-0.2, -0.15) is 0 Å². The van der Waals surface area contributed by atoms with E-state index < -0.39 is 6.04 Å². The monoisotopic (exact) mass is 392 g/mol. The predicted molar refractivity (Wildman–Crippen MR) is 116 cm³/mol. The van der Waals surface area contributed by atoms with Crippen LogP contribution in [-0.4, -0.2) is 28.8 Å². The molecule has 29 heavy (non-hydrogen) atoms. The van der Waals surface area contributed by atoms with E-state index in [0.29, 0.717) is 19.4 Å². The van der Waals surface area contributed by atoms with Crippen molar-refractivity contribution in [3.63, 3.8) is 0 Å². The molecule has 0 aromatic heterocycles. The quantitative estimate of drug-likeness (QED) is 0.724. The van der Waals surface area contributed by atoms with E-state index in [0.717, 1.165) is 29.5 Å². The normalized spacial score (nSPS) is 15.1. The van der Waals surface area contributed by atoms with Gasteiger partial charge in [-0.1, -0.05) is 74.4 Å². The molecule has 3 rings (SSSR count). The maximum Gasteiger partial charge on any atom is 0.243 e. The molecule has 0 aliphatic heterocycles. The molecule has 1 atom stereocenters. The first-order valence-electron chi connectivity index (χ1n) is 10.8. The van der Waals surface area contributed by atoms with E-state index in [-0.39, 0.29) is 17.9 Å². The molecule has 1 aliphatic rings. The first-order chi connectivity index (χ1) is 14.1. The molecular weight excluding hydrogens is 360 g/mol. The number of carbonyl (C=O) groups excluding carboxylic acids is 2. The average molecular weight is 393 g/mol. The Morgan fingerprint density at radius 2 is 1.69 bits per heavy atom. The molecule has 1 fully saturated rings. The molecule has 2 aromatic carbocycles. The Bertz CT molecular complexity index is 813. The summed E-state index contributed by atoms with van der Waals surface area (Å²) in [6.07, 6.45) is 5.33. The van der Waals surface area contributed by atoms with E-state index >= 15 is 0 Å². The smallest absolute Gasteiger partial charge is 0.243 e. The Labute approximate surface area is 174 Å². The van der Waals surface area contributed by atoms with E-state index in [4.69, 9.17) is 0 Å². The summed E-state index contributed by atoms with van der Waals surface area (Å²) in [6.45, 7) is 4.45. The average Bonchev–Trinajstić information content (AvgIpc) is 3.23. The summed E-state index contributed by atoms with van der Waals surface area (Å²) in [6, 6.07) is 17.7. The minimum absolute atomic E-state index is 0.00317. The molecule has 1 N–H and O–H groups in total. The second kappa shape index (κ2) is 10.2. The number of carbonyl (C=O) groups is 2. The van der Waals surface area contributed by atoms with Gasteiger partial charge in [-0.3, -0.25) is 9.59 Å². The molecule has 1 saturated carbocycles. The number of aryl methyl sites for hydroxylation is 1. The first kappa shape index (κ1) is 21.1. The van der Waals surface area contributed by atoms with Crippen LogP contribution in [0.5, 0.6) is 0 Å². The van der Waals surface area contributed by atoms with Crippen LogP contribution in [0.4, 0.5) is 0 Å². The number of hydrogen-bond acceptors (Lipinski definition) is 2. The lowest BCUT2D eigenvalue weighted by molar-refractivity contribution is -0.141. The van der Waals surface area contributed by atoms with Gasteiger partial charge in [-0.15, -0.1) is 0 Å². The van der Waals surface area contributed by atoms with Crippen molar-refractivity contribution in [2.24, 2.45) is 0 Å². The van der Waals surface area contributed by atoms with Gasteiger partial charge < -0.3 is 10.2 Å². The number of amides is 2. The van der Waals surface area contributed by atoms with E-state index in [2.05, 4.69) is 5.32 Å². The molecule has 0 radical (unpaired) electrons. The summed E-state index contributed by atoms with van der Waals surface area (Å²) in [5, 5.41) is 3.19. The van der Waals surface area contributed by atoms with Gasteiger partial charge in [-0.05, 0) is 42.9 Å². The van der Waals surface area contributed by atoms with Crippen LogP contribution in [0.15, 0.2) is 54.6 Å². The standard InChI is InChI=1S/C25H32N2O2/c1-3-23(25(29)26-22-15-9-10-16-22)27(18-20-12-5-4-6-13-20)24(28)17-21-14-8-7-11-19(21)2/h4-8,11-14,22-23H,3,9-10,15-18H2,1-2H3,(H,26,29)/t23-/m0/s1. The molecule has 2 amide bonds. The van der Waals surface area contributed by atoms with Crippen molar-refractivity contribution in [3.05, 3.63) is 71.3 Å². The van der Waals surface area contributed by atoms with Crippen molar-refractivity contribution in [1.82, 2.24) is 10.2 Å². The Balaban J connectivity index is 1.81. The second-order valence-corrected chi connectivity index (χ2v) is 8.02. The third kappa shape index (κ3) is 5.69. The van der Waals surface area contributed by atoms with Crippen LogP contribution < -0.4 is 5.32 Å². The Morgan fingerprint density at radius 3 is 2.34 bits per heavy atom. The highest BCUT2D eigenvalue weighted by Crippen LogP contribution is 2.20. The molecule has 0 bridgehead atoms. The van der Waals surface area contributed by atoms with Gasteiger partial charge in [0.2, 0.25) is 11.8 Å². The summed E-state index contributed by atoms with van der Waals surface area (Å²) in [4.78, 5) is 28.2. The highest BCUT2D eigenvalue weighted by Gasteiger charge is 2.30. The largest absolute Gasteiger partial charge is 0.352 e.